The van der Waals surface area contributed by atoms with E-state index in [4.69, 9.17) is 9.47 Å². The first-order chi connectivity index (χ1) is 13.7. The van der Waals surface area contributed by atoms with E-state index in [2.05, 4.69) is 20.5 Å². The van der Waals surface area contributed by atoms with Crippen LogP contribution in [0.2, 0.25) is 0 Å². The van der Waals surface area contributed by atoms with Gasteiger partial charge in [-0.25, -0.2) is 0 Å². The van der Waals surface area contributed by atoms with Crippen LogP contribution in [0.4, 0.5) is 0 Å². The van der Waals surface area contributed by atoms with Gasteiger partial charge in [-0.3, -0.25) is 14.4 Å². The molecule has 0 bridgehead atoms. The van der Waals surface area contributed by atoms with Crippen molar-refractivity contribution >= 4 is 5.91 Å². The number of nitrogens with one attached hydrogen (secondary N) is 1. The molecule has 1 saturated carbocycles. The van der Waals surface area contributed by atoms with Crippen molar-refractivity contribution in [1.29, 1.82) is 0 Å². The van der Waals surface area contributed by atoms with Gasteiger partial charge in [-0.1, -0.05) is 5.21 Å². The highest BCUT2D eigenvalue weighted by molar-refractivity contribution is 5.78. The smallest absolute Gasteiger partial charge is 0.234 e. The largest absolute Gasteiger partial charge is 0.394 e. The number of morpholine rings is 1. The van der Waals surface area contributed by atoms with Gasteiger partial charge in [-0.15, -0.1) is 5.10 Å². The third-order valence-corrected chi connectivity index (χ3v) is 5.85. The number of aliphatic hydroxyl groups excluding tert-OH is 1. The van der Waals surface area contributed by atoms with Crippen molar-refractivity contribution in [3.05, 3.63) is 11.9 Å². The first kappa shape index (κ1) is 19.8. The molecule has 28 heavy (non-hydrogen) atoms. The van der Waals surface area contributed by atoms with Crippen molar-refractivity contribution < 1.29 is 19.4 Å². The number of hydrogen-bond acceptors (Lipinski definition) is 7. The van der Waals surface area contributed by atoms with E-state index in [1.54, 1.807) is 0 Å². The van der Waals surface area contributed by atoms with Crippen LogP contribution in [-0.4, -0.2) is 88.6 Å². The van der Waals surface area contributed by atoms with E-state index in [1.165, 1.54) is 12.8 Å². The Bertz CT molecular complexity index is 644. The van der Waals surface area contributed by atoms with Crippen molar-refractivity contribution in [1.82, 2.24) is 25.2 Å². The van der Waals surface area contributed by atoms with Crippen LogP contribution in [0.25, 0.3) is 0 Å². The SMILES string of the molecule is O=C(CN1CCOCC1)N[C@@H]1CC[C@H](CCn2cc(C3CC3)nn2)O[C@@H]1CO. The maximum absolute atomic E-state index is 12.3. The Kier molecular flexibility index (Phi) is 6.56. The average molecular weight is 393 g/mol. The van der Waals surface area contributed by atoms with Crippen LogP contribution in [0.1, 0.15) is 43.7 Å². The summed E-state index contributed by atoms with van der Waals surface area (Å²) in [6.07, 6.45) is 6.71. The summed E-state index contributed by atoms with van der Waals surface area (Å²) in [7, 11) is 0. The maximum Gasteiger partial charge on any atom is 0.234 e. The average Bonchev–Trinajstić information content (AvgIpc) is 3.46. The molecule has 2 N–H and O–H groups in total. The highest BCUT2D eigenvalue weighted by atomic mass is 16.5. The molecule has 0 spiro atoms. The van der Waals surface area contributed by atoms with Crippen molar-refractivity contribution in [3.8, 4) is 0 Å². The van der Waals surface area contributed by atoms with E-state index in [1.807, 2.05) is 10.9 Å². The molecular weight excluding hydrogens is 362 g/mol. The normalized spacial score (nSPS) is 29.0. The fourth-order valence-corrected chi connectivity index (χ4v) is 3.99. The van der Waals surface area contributed by atoms with Gasteiger partial charge < -0.3 is 19.9 Å². The minimum absolute atomic E-state index is 0.0115. The van der Waals surface area contributed by atoms with E-state index >= 15 is 0 Å². The molecule has 3 atom stereocenters. The van der Waals surface area contributed by atoms with Crippen LogP contribution in [-0.2, 0) is 20.8 Å². The molecule has 2 saturated heterocycles. The van der Waals surface area contributed by atoms with Gasteiger partial charge in [0.15, 0.2) is 0 Å². The Balaban J connectivity index is 1.20. The van der Waals surface area contributed by atoms with E-state index in [0.29, 0.717) is 25.7 Å². The second-order valence-electron chi connectivity index (χ2n) is 8.09. The summed E-state index contributed by atoms with van der Waals surface area (Å²) >= 11 is 0. The molecule has 1 aromatic rings. The maximum atomic E-state index is 12.3. The van der Waals surface area contributed by atoms with Gasteiger partial charge in [0.25, 0.3) is 0 Å². The number of hydrogen-bond donors (Lipinski definition) is 2. The predicted octanol–water partition coefficient (Wildman–Crippen LogP) is -0.0975. The van der Waals surface area contributed by atoms with Crippen LogP contribution in [0.5, 0.6) is 0 Å². The number of rotatable bonds is 8. The molecule has 4 rings (SSSR count). The number of aliphatic hydroxyl groups is 1. The first-order valence-corrected chi connectivity index (χ1v) is 10.5. The van der Waals surface area contributed by atoms with Gasteiger partial charge >= 0.3 is 0 Å². The molecule has 0 unspecified atom stereocenters. The number of ether oxygens (including phenoxy) is 2. The zero-order valence-corrected chi connectivity index (χ0v) is 16.3. The zero-order valence-electron chi connectivity index (χ0n) is 16.3. The Labute approximate surface area is 165 Å². The highest BCUT2D eigenvalue weighted by Crippen LogP contribution is 2.38. The lowest BCUT2D eigenvalue weighted by Gasteiger charge is -2.36. The Morgan fingerprint density at radius 1 is 1.25 bits per heavy atom. The number of amides is 1. The molecule has 0 aromatic carbocycles. The standard InChI is InChI=1S/C19H31N5O4/c25-13-18-16(20-19(26)12-23-7-9-27-10-8-23)4-3-15(28-18)5-6-24-11-17(21-22-24)14-1-2-14/h11,14-16,18,25H,1-10,12-13H2,(H,20,26)/t15-,16-,18-/m1/s1. The van der Waals surface area contributed by atoms with Crippen molar-refractivity contribution in [2.75, 3.05) is 39.5 Å². The summed E-state index contributed by atoms with van der Waals surface area (Å²) in [5, 5.41) is 21.2. The van der Waals surface area contributed by atoms with Crippen LogP contribution in [0, 0.1) is 0 Å². The van der Waals surface area contributed by atoms with Crippen LogP contribution >= 0.6 is 0 Å². The van der Waals surface area contributed by atoms with Gasteiger partial charge in [-0.05, 0) is 32.1 Å². The third-order valence-electron chi connectivity index (χ3n) is 5.85. The fourth-order valence-electron chi connectivity index (χ4n) is 3.99. The summed E-state index contributed by atoms with van der Waals surface area (Å²) in [6.45, 7) is 3.96. The second kappa shape index (κ2) is 9.30. The molecule has 156 valence electrons. The lowest BCUT2D eigenvalue weighted by Crippen LogP contribution is -2.53. The monoisotopic (exact) mass is 393 g/mol. The summed E-state index contributed by atoms with van der Waals surface area (Å²) in [5.74, 6) is 0.600. The molecule has 1 aliphatic carbocycles. The molecule has 9 heteroatoms. The van der Waals surface area contributed by atoms with Crippen molar-refractivity contribution in [3.63, 3.8) is 0 Å². The minimum atomic E-state index is -0.356. The van der Waals surface area contributed by atoms with E-state index in [-0.39, 0.29) is 30.8 Å². The number of aromatic nitrogens is 3. The van der Waals surface area contributed by atoms with Gasteiger partial charge in [0, 0.05) is 31.7 Å². The highest BCUT2D eigenvalue weighted by Gasteiger charge is 2.32. The summed E-state index contributed by atoms with van der Waals surface area (Å²) in [5.41, 5.74) is 1.10. The molecule has 3 fully saturated rings. The second-order valence-corrected chi connectivity index (χ2v) is 8.09. The van der Waals surface area contributed by atoms with Crippen molar-refractivity contribution in [2.24, 2.45) is 0 Å². The van der Waals surface area contributed by atoms with E-state index in [9.17, 15) is 9.90 Å². The molecule has 1 aromatic heterocycles. The molecule has 1 amide bonds. The zero-order chi connectivity index (χ0) is 19.3. The molecule has 2 aliphatic heterocycles. The Hall–Kier alpha value is -1.55. The Morgan fingerprint density at radius 3 is 2.82 bits per heavy atom. The van der Waals surface area contributed by atoms with Gasteiger partial charge in [0.2, 0.25) is 5.91 Å². The molecule has 9 nitrogen and oxygen atoms in total. The first-order valence-electron chi connectivity index (χ1n) is 10.5. The molecule has 3 aliphatic rings. The number of carbonyl (C=O) groups excluding carboxylic acids is 1. The van der Waals surface area contributed by atoms with Crippen LogP contribution < -0.4 is 5.32 Å². The van der Waals surface area contributed by atoms with Crippen LogP contribution in [0.3, 0.4) is 0 Å². The molecular formula is C19H31N5O4. The Morgan fingerprint density at radius 2 is 2.07 bits per heavy atom. The van der Waals surface area contributed by atoms with Gasteiger partial charge in [0.1, 0.15) is 6.10 Å². The van der Waals surface area contributed by atoms with Gasteiger partial charge in [-0.2, -0.15) is 0 Å². The number of carbonyl (C=O) groups is 1. The number of aryl methyl sites for hydroxylation is 1. The topological polar surface area (TPSA) is 102 Å². The summed E-state index contributed by atoms with van der Waals surface area (Å²) in [6, 6.07) is -0.136. The lowest BCUT2D eigenvalue weighted by atomic mass is 9.97. The predicted molar refractivity (Wildman–Crippen MR) is 101 cm³/mol. The van der Waals surface area contributed by atoms with E-state index in [0.717, 1.165) is 44.6 Å². The summed E-state index contributed by atoms with van der Waals surface area (Å²) in [4.78, 5) is 14.4. The number of nitrogens with zero attached hydrogens (tertiary/aromatic N) is 4. The third kappa shape index (κ3) is 5.28. The van der Waals surface area contributed by atoms with Crippen LogP contribution in [0.15, 0.2) is 6.20 Å². The summed E-state index contributed by atoms with van der Waals surface area (Å²) < 4.78 is 13.3. The molecule has 3 heterocycles. The quantitative estimate of drug-likeness (QED) is 0.636. The molecule has 0 radical (unpaired) electrons. The van der Waals surface area contributed by atoms with E-state index < -0.39 is 0 Å². The minimum Gasteiger partial charge on any atom is -0.394 e. The fraction of sp³-hybridized carbons (Fsp3) is 0.842. The van der Waals surface area contributed by atoms with Gasteiger partial charge in [0.05, 0.1) is 44.2 Å². The lowest BCUT2D eigenvalue weighted by molar-refractivity contribution is -0.130. The van der Waals surface area contributed by atoms with Crippen molar-refractivity contribution in [2.45, 2.75) is 62.8 Å².